The predicted molar refractivity (Wildman–Crippen MR) is 87.1 cm³/mol. The summed E-state index contributed by atoms with van der Waals surface area (Å²) in [6.45, 7) is 2.24. The Kier molecular flexibility index (Phi) is 3.92. The van der Waals surface area contributed by atoms with E-state index in [1.165, 1.54) is 0 Å². The topological polar surface area (TPSA) is 59.1 Å². The molecule has 3 aliphatic heterocycles. The Morgan fingerprint density at radius 2 is 2.08 bits per heavy atom. The van der Waals surface area contributed by atoms with Crippen LogP contribution in [0, 0.1) is 0 Å². The monoisotopic (exact) mass is 330 g/mol. The fourth-order valence-corrected chi connectivity index (χ4v) is 3.79. The van der Waals surface area contributed by atoms with Gasteiger partial charge in [-0.3, -0.25) is 9.59 Å². The van der Waals surface area contributed by atoms with Crippen LogP contribution < -0.4 is 4.74 Å². The number of ether oxygens (including phenoxy) is 2. The summed E-state index contributed by atoms with van der Waals surface area (Å²) in [5.41, 5.74) is 1.79. The molecule has 24 heavy (non-hydrogen) atoms. The molecule has 128 valence electrons. The summed E-state index contributed by atoms with van der Waals surface area (Å²) in [6, 6.07) is 5.61. The van der Waals surface area contributed by atoms with Crippen molar-refractivity contribution < 1.29 is 19.1 Å². The number of carbonyl (C=O) groups excluding carboxylic acids is 2. The fraction of sp³-hybridized carbons (Fsp3) is 0.556. The summed E-state index contributed by atoms with van der Waals surface area (Å²) < 4.78 is 11.4. The first-order valence-corrected chi connectivity index (χ1v) is 8.56. The molecule has 6 heteroatoms. The Labute approximate surface area is 141 Å². The number of nitrogens with zero attached hydrogens (tertiary/aromatic N) is 2. The Morgan fingerprint density at radius 1 is 1.21 bits per heavy atom. The van der Waals surface area contributed by atoms with Crippen molar-refractivity contribution in [2.24, 2.45) is 0 Å². The molecular formula is C18H22N2O4. The molecule has 2 atom stereocenters. The van der Waals surface area contributed by atoms with E-state index >= 15 is 0 Å². The van der Waals surface area contributed by atoms with E-state index in [-0.39, 0.29) is 24.0 Å². The van der Waals surface area contributed by atoms with E-state index in [9.17, 15) is 9.59 Å². The Hall–Kier alpha value is -2.08. The number of hydrogen-bond acceptors (Lipinski definition) is 4. The fourth-order valence-electron chi connectivity index (χ4n) is 3.79. The minimum Gasteiger partial charge on any atom is -0.493 e. The van der Waals surface area contributed by atoms with Crippen molar-refractivity contribution in [3.63, 3.8) is 0 Å². The van der Waals surface area contributed by atoms with Gasteiger partial charge in [0.05, 0.1) is 31.8 Å². The predicted octanol–water partition coefficient (Wildman–Crippen LogP) is 1.08. The lowest BCUT2D eigenvalue weighted by Crippen LogP contribution is -2.43. The number of hydrogen-bond donors (Lipinski definition) is 0. The largest absolute Gasteiger partial charge is 0.493 e. The number of likely N-dealkylation sites (N-methyl/N-ethyl adjacent to an activating group) is 1. The molecule has 2 saturated heterocycles. The molecule has 0 unspecified atom stereocenters. The lowest BCUT2D eigenvalue weighted by Gasteiger charge is -2.25. The average Bonchev–Trinajstić information content (AvgIpc) is 2.98. The zero-order valence-corrected chi connectivity index (χ0v) is 13.9. The third kappa shape index (κ3) is 2.65. The number of fused-ring (bicyclic) bond motifs is 2. The SMILES string of the molecule is CN1C(=O)CCO[C@H]2CN(C(=O)c3ccc4c(c3)CCCO4)C[C@@H]21. The maximum atomic E-state index is 12.9. The number of aryl methyl sites for hydroxylation is 1. The molecule has 2 amide bonds. The van der Waals surface area contributed by atoms with Gasteiger partial charge in [0.25, 0.3) is 5.91 Å². The van der Waals surface area contributed by atoms with E-state index in [1.807, 2.05) is 18.2 Å². The molecule has 6 nitrogen and oxygen atoms in total. The third-order valence-electron chi connectivity index (χ3n) is 5.22. The third-order valence-corrected chi connectivity index (χ3v) is 5.22. The number of rotatable bonds is 1. The lowest BCUT2D eigenvalue weighted by molar-refractivity contribution is -0.131. The van der Waals surface area contributed by atoms with Gasteiger partial charge in [-0.25, -0.2) is 0 Å². The van der Waals surface area contributed by atoms with Crippen molar-refractivity contribution in [1.82, 2.24) is 9.80 Å². The van der Waals surface area contributed by atoms with Gasteiger partial charge in [-0.05, 0) is 36.6 Å². The van der Waals surface area contributed by atoms with Gasteiger partial charge >= 0.3 is 0 Å². The van der Waals surface area contributed by atoms with Crippen LogP contribution in [0.3, 0.4) is 0 Å². The Morgan fingerprint density at radius 3 is 2.96 bits per heavy atom. The summed E-state index contributed by atoms with van der Waals surface area (Å²) in [7, 11) is 1.80. The van der Waals surface area contributed by atoms with Crippen LogP contribution in [0.1, 0.15) is 28.8 Å². The van der Waals surface area contributed by atoms with Crippen LogP contribution in [0.25, 0.3) is 0 Å². The van der Waals surface area contributed by atoms with Gasteiger partial charge < -0.3 is 19.3 Å². The van der Waals surface area contributed by atoms with Gasteiger partial charge in [0.15, 0.2) is 0 Å². The van der Waals surface area contributed by atoms with Crippen LogP contribution in [0.2, 0.25) is 0 Å². The van der Waals surface area contributed by atoms with Crippen LogP contribution >= 0.6 is 0 Å². The zero-order chi connectivity index (χ0) is 16.7. The van der Waals surface area contributed by atoms with Crippen molar-refractivity contribution >= 4 is 11.8 Å². The molecule has 0 aliphatic carbocycles. The first-order chi connectivity index (χ1) is 11.6. The number of benzene rings is 1. The molecule has 3 aliphatic rings. The van der Waals surface area contributed by atoms with Crippen LogP contribution in [0.15, 0.2) is 18.2 Å². The van der Waals surface area contributed by atoms with Crippen molar-refractivity contribution in [3.05, 3.63) is 29.3 Å². The van der Waals surface area contributed by atoms with Crippen LogP contribution in [-0.2, 0) is 16.0 Å². The standard InChI is InChI=1S/C18H22N2O4/c1-19-14-10-20(11-16(14)24-8-6-17(19)21)18(22)13-4-5-15-12(9-13)3-2-7-23-15/h4-5,9,14,16H,2-3,6-8,10-11H2,1H3/t14-,16-/m0/s1. The smallest absolute Gasteiger partial charge is 0.254 e. The van der Waals surface area contributed by atoms with Crippen molar-refractivity contribution in [2.75, 3.05) is 33.4 Å². The summed E-state index contributed by atoms with van der Waals surface area (Å²) in [6.07, 6.45) is 2.26. The first-order valence-electron chi connectivity index (χ1n) is 8.56. The lowest BCUT2D eigenvalue weighted by atomic mass is 10.0. The van der Waals surface area contributed by atoms with E-state index in [4.69, 9.17) is 9.47 Å². The quantitative estimate of drug-likeness (QED) is 0.773. The molecule has 3 heterocycles. The van der Waals surface area contributed by atoms with Gasteiger partial charge in [-0.15, -0.1) is 0 Å². The van der Waals surface area contributed by atoms with E-state index < -0.39 is 0 Å². The highest BCUT2D eigenvalue weighted by molar-refractivity contribution is 5.95. The highest BCUT2D eigenvalue weighted by atomic mass is 16.5. The minimum atomic E-state index is -0.0913. The maximum Gasteiger partial charge on any atom is 0.254 e. The molecule has 0 spiro atoms. The maximum absolute atomic E-state index is 12.9. The van der Waals surface area contributed by atoms with E-state index in [2.05, 4.69) is 0 Å². The molecule has 4 rings (SSSR count). The van der Waals surface area contributed by atoms with Crippen LogP contribution in [0.5, 0.6) is 5.75 Å². The summed E-state index contributed by atoms with van der Waals surface area (Å²) in [5.74, 6) is 0.974. The molecule has 0 aromatic heterocycles. The summed E-state index contributed by atoms with van der Waals surface area (Å²) >= 11 is 0. The first kappa shape index (κ1) is 15.4. The zero-order valence-electron chi connectivity index (χ0n) is 13.9. The normalized spacial score (nSPS) is 26.5. The van der Waals surface area contributed by atoms with Gasteiger partial charge in [0.1, 0.15) is 5.75 Å². The van der Waals surface area contributed by atoms with Crippen LogP contribution in [-0.4, -0.2) is 67.1 Å². The number of carbonyl (C=O) groups is 2. The molecule has 1 aromatic carbocycles. The highest BCUT2D eigenvalue weighted by Crippen LogP contribution is 2.28. The Bertz CT molecular complexity index is 675. The number of amides is 2. The molecule has 1 aromatic rings. The number of likely N-dealkylation sites (tertiary alicyclic amines) is 1. The van der Waals surface area contributed by atoms with Gasteiger partial charge in [0.2, 0.25) is 5.91 Å². The second kappa shape index (κ2) is 6.09. The van der Waals surface area contributed by atoms with Crippen molar-refractivity contribution in [2.45, 2.75) is 31.4 Å². The molecule has 0 N–H and O–H groups in total. The molecule has 0 saturated carbocycles. The summed E-state index contributed by atoms with van der Waals surface area (Å²) in [4.78, 5) is 28.4. The average molecular weight is 330 g/mol. The van der Waals surface area contributed by atoms with E-state index in [0.717, 1.165) is 30.8 Å². The molecule has 0 bridgehead atoms. The molecular weight excluding hydrogens is 308 g/mol. The van der Waals surface area contributed by atoms with Gasteiger partial charge in [-0.2, -0.15) is 0 Å². The summed E-state index contributed by atoms with van der Waals surface area (Å²) in [5, 5.41) is 0. The van der Waals surface area contributed by atoms with Crippen LogP contribution in [0.4, 0.5) is 0 Å². The second-order valence-corrected chi connectivity index (χ2v) is 6.72. The minimum absolute atomic E-state index is 0.000830. The van der Waals surface area contributed by atoms with Crippen molar-refractivity contribution in [1.29, 1.82) is 0 Å². The molecule has 2 fully saturated rings. The van der Waals surface area contributed by atoms with Gasteiger partial charge in [0, 0.05) is 25.7 Å². The molecule has 0 radical (unpaired) electrons. The second-order valence-electron chi connectivity index (χ2n) is 6.72. The Balaban J connectivity index is 1.52. The van der Waals surface area contributed by atoms with Gasteiger partial charge in [-0.1, -0.05) is 0 Å². The highest BCUT2D eigenvalue weighted by Gasteiger charge is 2.41. The van der Waals surface area contributed by atoms with E-state index in [1.54, 1.807) is 16.8 Å². The van der Waals surface area contributed by atoms with Crippen molar-refractivity contribution in [3.8, 4) is 5.75 Å². The van der Waals surface area contributed by atoms with E-state index in [0.29, 0.717) is 31.7 Å².